The molecule has 3 fully saturated rings. The maximum Gasteiger partial charge on any atom is 0.238 e. The number of carbonyl (C=O) groups excluding carboxylic acids is 2. The van der Waals surface area contributed by atoms with Crippen molar-refractivity contribution in [2.45, 2.75) is 19.3 Å². The molecule has 4 atom stereocenters. The number of nitrogens with zero attached hydrogens (tertiary/aromatic N) is 1. The number of imide groups is 1. The topological polar surface area (TPSA) is 37.4 Å². The number of halogens is 2. The van der Waals surface area contributed by atoms with E-state index < -0.39 is 0 Å². The Labute approximate surface area is 126 Å². The predicted molar refractivity (Wildman–Crippen MR) is 76.8 cm³/mol. The number of rotatable bonds is 1. The smallest absolute Gasteiger partial charge is 0.238 e. The fourth-order valence-electron chi connectivity index (χ4n) is 4.31. The summed E-state index contributed by atoms with van der Waals surface area (Å²) in [4.78, 5) is 26.6. The first-order chi connectivity index (χ1) is 9.59. The minimum Gasteiger partial charge on any atom is -0.274 e. The number of hydrogen-bond acceptors (Lipinski definition) is 2. The van der Waals surface area contributed by atoms with Gasteiger partial charge < -0.3 is 0 Å². The van der Waals surface area contributed by atoms with Gasteiger partial charge in [-0.3, -0.25) is 9.59 Å². The van der Waals surface area contributed by atoms with Crippen LogP contribution in [0.2, 0.25) is 10.0 Å². The Kier molecular flexibility index (Phi) is 2.67. The van der Waals surface area contributed by atoms with Gasteiger partial charge in [0.05, 0.1) is 27.6 Å². The Morgan fingerprint density at radius 2 is 1.60 bits per heavy atom. The standard InChI is InChI=1S/C15H13Cl2NO2/c16-9-2-1-3-10(13(9)17)18-14(19)11-7-4-5-8(6-7)12(11)15(18)20/h1-3,7-8,11-12H,4-6H2/t7-,8-,11-,12-/m0/s1. The van der Waals surface area contributed by atoms with Crippen LogP contribution in [0.4, 0.5) is 5.69 Å². The van der Waals surface area contributed by atoms with E-state index in [9.17, 15) is 9.59 Å². The first kappa shape index (κ1) is 12.7. The fraction of sp³-hybridized carbons (Fsp3) is 0.467. The average molecular weight is 310 g/mol. The van der Waals surface area contributed by atoms with Gasteiger partial charge >= 0.3 is 0 Å². The number of fused-ring (bicyclic) bond motifs is 5. The van der Waals surface area contributed by atoms with Gasteiger partial charge in [-0.2, -0.15) is 0 Å². The fourth-order valence-corrected chi connectivity index (χ4v) is 4.69. The lowest BCUT2D eigenvalue weighted by atomic mass is 9.81. The van der Waals surface area contributed by atoms with Crippen molar-refractivity contribution in [2.75, 3.05) is 4.90 Å². The van der Waals surface area contributed by atoms with E-state index in [1.165, 1.54) is 4.90 Å². The molecule has 1 aromatic rings. The molecule has 3 nitrogen and oxygen atoms in total. The van der Waals surface area contributed by atoms with Crippen molar-refractivity contribution in [1.82, 2.24) is 0 Å². The monoisotopic (exact) mass is 309 g/mol. The zero-order chi connectivity index (χ0) is 14.0. The molecule has 104 valence electrons. The first-order valence-electron chi connectivity index (χ1n) is 6.91. The molecule has 2 aliphatic carbocycles. The molecule has 0 N–H and O–H groups in total. The number of benzene rings is 1. The van der Waals surface area contributed by atoms with E-state index in [4.69, 9.17) is 23.2 Å². The number of hydrogen-bond donors (Lipinski definition) is 0. The maximum atomic E-state index is 12.7. The highest BCUT2D eigenvalue weighted by atomic mass is 35.5. The predicted octanol–water partition coefficient (Wildman–Crippen LogP) is 3.53. The molecule has 3 aliphatic rings. The normalized spacial score (nSPS) is 35.0. The first-order valence-corrected chi connectivity index (χ1v) is 7.67. The summed E-state index contributed by atoms with van der Waals surface area (Å²) in [5, 5.41) is 0.646. The minimum absolute atomic E-state index is 0.0867. The number of amides is 2. The molecule has 0 aromatic heterocycles. The van der Waals surface area contributed by atoms with E-state index in [1.54, 1.807) is 18.2 Å². The van der Waals surface area contributed by atoms with Gasteiger partial charge in [-0.05, 0) is 43.2 Å². The van der Waals surface area contributed by atoms with Gasteiger partial charge in [0.2, 0.25) is 11.8 Å². The molecule has 1 aliphatic heterocycles. The lowest BCUT2D eigenvalue weighted by Crippen LogP contribution is -2.33. The summed E-state index contributed by atoms with van der Waals surface area (Å²) < 4.78 is 0. The minimum atomic E-state index is -0.128. The summed E-state index contributed by atoms with van der Waals surface area (Å²) in [5.74, 6) is 0.328. The average Bonchev–Trinajstić information content (AvgIpc) is 3.09. The van der Waals surface area contributed by atoms with Gasteiger partial charge in [0.15, 0.2) is 0 Å². The summed E-state index contributed by atoms with van der Waals surface area (Å²) in [6.07, 6.45) is 3.17. The molecule has 4 rings (SSSR count). The van der Waals surface area contributed by atoms with Gasteiger partial charge in [-0.25, -0.2) is 4.90 Å². The summed E-state index contributed by atoms with van der Waals surface area (Å²) in [7, 11) is 0. The van der Waals surface area contributed by atoms with Crippen molar-refractivity contribution in [3.63, 3.8) is 0 Å². The summed E-state index contributed by atoms with van der Waals surface area (Å²) in [6, 6.07) is 5.06. The van der Waals surface area contributed by atoms with Crippen LogP contribution in [0.25, 0.3) is 0 Å². The molecule has 0 radical (unpaired) electrons. The molecule has 2 amide bonds. The third kappa shape index (κ3) is 1.48. The lowest BCUT2D eigenvalue weighted by molar-refractivity contribution is -0.123. The van der Waals surface area contributed by atoms with E-state index in [2.05, 4.69) is 0 Å². The Hall–Kier alpha value is -1.06. The Morgan fingerprint density at radius 1 is 1.00 bits per heavy atom. The van der Waals surface area contributed by atoms with Gasteiger partial charge in [0.25, 0.3) is 0 Å². The van der Waals surface area contributed by atoms with Crippen molar-refractivity contribution >= 4 is 40.7 Å². The highest BCUT2D eigenvalue weighted by molar-refractivity contribution is 6.44. The van der Waals surface area contributed by atoms with Crippen LogP contribution in [0, 0.1) is 23.7 Å². The largest absolute Gasteiger partial charge is 0.274 e. The summed E-state index contributed by atoms with van der Waals surface area (Å²) in [6.45, 7) is 0. The molecule has 2 saturated carbocycles. The molecular weight excluding hydrogens is 297 g/mol. The molecule has 1 aromatic carbocycles. The molecule has 5 heteroatoms. The number of anilines is 1. The van der Waals surface area contributed by atoms with E-state index in [0.717, 1.165) is 19.3 Å². The van der Waals surface area contributed by atoms with Gasteiger partial charge in [0, 0.05) is 0 Å². The highest BCUT2D eigenvalue weighted by Gasteiger charge is 2.61. The van der Waals surface area contributed by atoms with Crippen LogP contribution in [-0.2, 0) is 9.59 Å². The van der Waals surface area contributed by atoms with Crippen molar-refractivity contribution in [2.24, 2.45) is 23.7 Å². The molecule has 1 heterocycles. The highest BCUT2D eigenvalue weighted by Crippen LogP contribution is 2.57. The second kappa shape index (κ2) is 4.22. The summed E-state index contributed by atoms with van der Waals surface area (Å²) >= 11 is 12.2. The zero-order valence-electron chi connectivity index (χ0n) is 10.7. The van der Waals surface area contributed by atoms with E-state index in [1.807, 2.05) is 0 Å². The molecule has 2 bridgehead atoms. The third-order valence-electron chi connectivity index (χ3n) is 5.10. The van der Waals surface area contributed by atoms with Crippen LogP contribution in [0.5, 0.6) is 0 Å². The summed E-state index contributed by atoms with van der Waals surface area (Å²) in [5.41, 5.74) is 0.433. The van der Waals surface area contributed by atoms with Crippen LogP contribution in [0.15, 0.2) is 18.2 Å². The van der Waals surface area contributed by atoms with E-state index >= 15 is 0 Å². The number of carbonyl (C=O) groups is 2. The molecule has 1 saturated heterocycles. The quantitative estimate of drug-likeness (QED) is 0.744. The van der Waals surface area contributed by atoms with Crippen molar-refractivity contribution in [1.29, 1.82) is 0 Å². The second-order valence-corrected chi connectivity index (χ2v) is 6.75. The molecular formula is C15H13Cl2NO2. The van der Waals surface area contributed by atoms with Crippen LogP contribution in [0.1, 0.15) is 19.3 Å². The third-order valence-corrected chi connectivity index (χ3v) is 5.91. The Bertz CT molecular complexity index is 602. The van der Waals surface area contributed by atoms with Gasteiger partial charge in [-0.15, -0.1) is 0 Å². The molecule has 20 heavy (non-hydrogen) atoms. The second-order valence-electron chi connectivity index (χ2n) is 5.97. The van der Waals surface area contributed by atoms with Crippen LogP contribution < -0.4 is 4.90 Å². The Balaban J connectivity index is 1.79. The van der Waals surface area contributed by atoms with Gasteiger partial charge in [-0.1, -0.05) is 29.3 Å². The van der Waals surface area contributed by atoms with Gasteiger partial charge in [0.1, 0.15) is 0 Å². The lowest BCUT2D eigenvalue weighted by Gasteiger charge is -2.19. The maximum absolute atomic E-state index is 12.7. The van der Waals surface area contributed by atoms with E-state index in [-0.39, 0.29) is 28.7 Å². The zero-order valence-corrected chi connectivity index (χ0v) is 12.2. The van der Waals surface area contributed by atoms with E-state index in [0.29, 0.717) is 22.5 Å². The van der Waals surface area contributed by atoms with Crippen molar-refractivity contribution in [3.8, 4) is 0 Å². The van der Waals surface area contributed by atoms with Crippen molar-refractivity contribution in [3.05, 3.63) is 28.2 Å². The van der Waals surface area contributed by atoms with Crippen LogP contribution in [0.3, 0.4) is 0 Å². The SMILES string of the molecule is O=C1[C@H]2[C@H]3CC[C@@H](C3)[C@@H]2C(=O)N1c1cccc(Cl)c1Cl. The van der Waals surface area contributed by atoms with Crippen molar-refractivity contribution < 1.29 is 9.59 Å². The molecule has 0 unspecified atom stereocenters. The molecule has 0 spiro atoms. The van der Waals surface area contributed by atoms with Crippen LogP contribution in [-0.4, -0.2) is 11.8 Å². The Morgan fingerprint density at radius 3 is 2.20 bits per heavy atom. The van der Waals surface area contributed by atoms with Crippen LogP contribution >= 0.6 is 23.2 Å².